The maximum absolute atomic E-state index is 11.1. The van der Waals surface area contributed by atoms with E-state index in [9.17, 15) is 4.79 Å². The number of nitrogens with one attached hydrogen (secondary N) is 1. The van der Waals surface area contributed by atoms with Gasteiger partial charge in [-0.1, -0.05) is 12.1 Å². The van der Waals surface area contributed by atoms with E-state index in [0.29, 0.717) is 6.04 Å². The molecule has 138 valence electrons. The summed E-state index contributed by atoms with van der Waals surface area (Å²) in [4.78, 5) is 13.5. The molecule has 0 spiro atoms. The van der Waals surface area contributed by atoms with Crippen molar-refractivity contribution in [2.24, 2.45) is 0 Å². The molecule has 3 rings (SSSR count). The second-order valence-electron chi connectivity index (χ2n) is 6.50. The Morgan fingerprint density at radius 1 is 1.36 bits per heavy atom. The number of hydrogen-bond acceptors (Lipinski definition) is 4. The van der Waals surface area contributed by atoms with E-state index >= 15 is 0 Å². The van der Waals surface area contributed by atoms with Crippen molar-refractivity contribution in [2.75, 3.05) is 32.8 Å². The van der Waals surface area contributed by atoms with E-state index in [1.165, 1.54) is 15.6 Å². The topological polar surface area (TPSA) is 41.6 Å². The van der Waals surface area contributed by atoms with Gasteiger partial charge in [-0.3, -0.25) is 4.79 Å². The molecule has 0 radical (unpaired) electrons. The number of thiophene rings is 1. The molecule has 0 bridgehead atoms. The first-order chi connectivity index (χ1) is 11.7. The number of benzene rings is 1. The van der Waals surface area contributed by atoms with E-state index in [2.05, 4.69) is 39.9 Å². The molecule has 1 aromatic carbocycles. The summed E-state index contributed by atoms with van der Waals surface area (Å²) in [6, 6.07) is 9.18. The fourth-order valence-corrected chi connectivity index (χ4v) is 4.07. The molecular formula is C19H27ClN2O2S. The standard InChI is InChI=1S/C19H26N2O2S.ClH/c1-15(22)20-18-5-9-21(14-18)8-2-10-23-11-6-16-3-4-19-17(13-16)7-12-24-19;/h3-4,7,12-13,18H,2,5-6,8-11,14H2,1H3,(H,20,22);1H. The highest BCUT2D eigenvalue weighted by atomic mass is 35.5. The summed E-state index contributed by atoms with van der Waals surface area (Å²) in [5.74, 6) is 0.0748. The van der Waals surface area contributed by atoms with Crippen LogP contribution < -0.4 is 5.32 Å². The highest BCUT2D eigenvalue weighted by Crippen LogP contribution is 2.21. The molecule has 1 atom stereocenters. The van der Waals surface area contributed by atoms with Crippen LogP contribution in [0.5, 0.6) is 0 Å². The summed E-state index contributed by atoms with van der Waals surface area (Å²) in [6.07, 6.45) is 3.09. The van der Waals surface area contributed by atoms with Gasteiger partial charge in [0.15, 0.2) is 0 Å². The molecule has 1 aliphatic heterocycles. The van der Waals surface area contributed by atoms with Gasteiger partial charge in [-0.05, 0) is 47.7 Å². The summed E-state index contributed by atoms with van der Waals surface area (Å²) in [7, 11) is 0. The molecule has 1 aromatic heterocycles. The Bertz CT molecular complexity index is 676. The van der Waals surface area contributed by atoms with Gasteiger partial charge in [-0.2, -0.15) is 0 Å². The van der Waals surface area contributed by atoms with Crippen LogP contribution in [0.1, 0.15) is 25.3 Å². The van der Waals surface area contributed by atoms with Crippen LogP contribution >= 0.6 is 23.7 Å². The van der Waals surface area contributed by atoms with Crippen LogP contribution in [0, 0.1) is 0 Å². The molecule has 25 heavy (non-hydrogen) atoms. The van der Waals surface area contributed by atoms with Crippen LogP contribution in [0.2, 0.25) is 0 Å². The number of carbonyl (C=O) groups excluding carboxylic acids is 1. The Labute approximate surface area is 159 Å². The highest BCUT2D eigenvalue weighted by Gasteiger charge is 2.22. The van der Waals surface area contributed by atoms with Crippen molar-refractivity contribution in [2.45, 2.75) is 32.2 Å². The molecule has 1 saturated heterocycles. The maximum Gasteiger partial charge on any atom is 0.217 e. The lowest BCUT2D eigenvalue weighted by molar-refractivity contribution is -0.119. The highest BCUT2D eigenvalue weighted by molar-refractivity contribution is 7.17. The molecule has 1 amide bonds. The lowest BCUT2D eigenvalue weighted by Gasteiger charge is -2.16. The van der Waals surface area contributed by atoms with Crippen molar-refractivity contribution in [3.05, 3.63) is 35.2 Å². The van der Waals surface area contributed by atoms with Crippen LogP contribution in [0.4, 0.5) is 0 Å². The van der Waals surface area contributed by atoms with Crippen LogP contribution in [-0.4, -0.2) is 49.7 Å². The maximum atomic E-state index is 11.1. The van der Waals surface area contributed by atoms with E-state index in [-0.39, 0.29) is 18.3 Å². The third-order valence-electron chi connectivity index (χ3n) is 4.49. The van der Waals surface area contributed by atoms with Crippen LogP contribution in [0.15, 0.2) is 29.6 Å². The zero-order valence-corrected chi connectivity index (χ0v) is 16.3. The number of carbonyl (C=O) groups is 1. The van der Waals surface area contributed by atoms with E-state index in [0.717, 1.165) is 52.1 Å². The fourth-order valence-electron chi connectivity index (χ4n) is 3.29. The molecule has 2 heterocycles. The summed E-state index contributed by atoms with van der Waals surface area (Å²) >= 11 is 1.79. The van der Waals surface area contributed by atoms with Crippen molar-refractivity contribution in [1.82, 2.24) is 10.2 Å². The SMILES string of the molecule is CC(=O)NC1CCN(CCCOCCc2ccc3sccc3c2)C1.Cl. The van der Waals surface area contributed by atoms with Crippen molar-refractivity contribution in [3.8, 4) is 0 Å². The van der Waals surface area contributed by atoms with Gasteiger partial charge >= 0.3 is 0 Å². The predicted molar refractivity (Wildman–Crippen MR) is 107 cm³/mol. The van der Waals surface area contributed by atoms with Gasteiger partial charge < -0.3 is 15.0 Å². The average Bonchev–Trinajstić information content (AvgIpc) is 3.18. The van der Waals surface area contributed by atoms with Crippen LogP contribution in [0.3, 0.4) is 0 Å². The Morgan fingerprint density at radius 2 is 2.24 bits per heavy atom. The fraction of sp³-hybridized carbons (Fsp3) is 0.526. The number of halogens is 1. The molecule has 0 saturated carbocycles. The molecule has 4 nitrogen and oxygen atoms in total. The van der Waals surface area contributed by atoms with E-state index < -0.39 is 0 Å². The minimum Gasteiger partial charge on any atom is -0.381 e. The van der Waals surface area contributed by atoms with Gasteiger partial charge in [0.2, 0.25) is 5.91 Å². The number of fused-ring (bicyclic) bond motifs is 1. The first kappa shape index (κ1) is 20.2. The first-order valence-corrected chi connectivity index (χ1v) is 9.62. The Hall–Kier alpha value is -1.14. The second-order valence-corrected chi connectivity index (χ2v) is 7.44. The average molecular weight is 383 g/mol. The third-order valence-corrected chi connectivity index (χ3v) is 5.39. The van der Waals surface area contributed by atoms with E-state index in [4.69, 9.17) is 4.74 Å². The third kappa shape index (κ3) is 6.26. The Balaban J connectivity index is 0.00000225. The lowest BCUT2D eigenvalue weighted by Crippen LogP contribution is -2.35. The van der Waals surface area contributed by atoms with Crippen LogP contribution in [-0.2, 0) is 16.0 Å². The summed E-state index contributed by atoms with van der Waals surface area (Å²) in [5.41, 5.74) is 1.35. The molecule has 1 fully saturated rings. The van der Waals surface area contributed by atoms with Gasteiger partial charge in [0.25, 0.3) is 0 Å². The quantitative estimate of drug-likeness (QED) is 0.710. The number of likely N-dealkylation sites (tertiary alicyclic amines) is 1. The minimum absolute atomic E-state index is 0. The van der Waals surface area contributed by atoms with E-state index in [1.807, 2.05) is 0 Å². The normalized spacial score (nSPS) is 17.6. The second kappa shape index (κ2) is 10.1. The van der Waals surface area contributed by atoms with Gasteiger partial charge in [0.1, 0.15) is 0 Å². The number of amides is 1. The lowest BCUT2D eigenvalue weighted by atomic mass is 10.1. The molecule has 2 aromatic rings. The molecule has 0 aliphatic carbocycles. The van der Waals surface area contributed by atoms with Crippen molar-refractivity contribution in [1.29, 1.82) is 0 Å². The zero-order chi connectivity index (χ0) is 16.8. The van der Waals surface area contributed by atoms with Gasteiger partial charge in [-0.25, -0.2) is 0 Å². The monoisotopic (exact) mass is 382 g/mol. The smallest absolute Gasteiger partial charge is 0.217 e. The van der Waals surface area contributed by atoms with Crippen molar-refractivity contribution >= 4 is 39.7 Å². The molecule has 1 N–H and O–H groups in total. The number of nitrogens with zero attached hydrogens (tertiary/aromatic N) is 1. The summed E-state index contributed by atoms with van der Waals surface area (Å²) < 4.78 is 7.14. The summed E-state index contributed by atoms with van der Waals surface area (Å²) in [5, 5.41) is 6.47. The van der Waals surface area contributed by atoms with Gasteiger partial charge in [0.05, 0.1) is 6.61 Å². The number of ether oxygens (including phenoxy) is 1. The molecule has 1 aliphatic rings. The molecule has 1 unspecified atom stereocenters. The van der Waals surface area contributed by atoms with Gasteiger partial charge in [0, 0.05) is 43.9 Å². The van der Waals surface area contributed by atoms with Crippen molar-refractivity contribution < 1.29 is 9.53 Å². The Morgan fingerprint density at radius 3 is 3.08 bits per heavy atom. The first-order valence-electron chi connectivity index (χ1n) is 8.74. The predicted octanol–water partition coefficient (Wildman–Crippen LogP) is 3.48. The number of rotatable bonds is 8. The Kier molecular flexibility index (Phi) is 8.16. The van der Waals surface area contributed by atoms with Crippen molar-refractivity contribution in [3.63, 3.8) is 0 Å². The van der Waals surface area contributed by atoms with E-state index in [1.54, 1.807) is 18.3 Å². The molecular weight excluding hydrogens is 356 g/mol. The number of hydrogen-bond donors (Lipinski definition) is 1. The largest absolute Gasteiger partial charge is 0.381 e. The summed E-state index contributed by atoms with van der Waals surface area (Å²) in [6.45, 7) is 6.28. The molecule has 6 heteroatoms. The van der Waals surface area contributed by atoms with Gasteiger partial charge in [-0.15, -0.1) is 23.7 Å². The van der Waals surface area contributed by atoms with Crippen LogP contribution in [0.25, 0.3) is 10.1 Å². The minimum atomic E-state index is 0. The zero-order valence-electron chi connectivity index (χ0n) is 14.7.